The Balaban J connectivity index is 1.82. The van der Waals surface area contributed by atoms with Crippen molar-refractivity contribution < 1.29 is 9.59 Å². The molecule has 1 heterocycles. The van der Waals surface area contributed by atoms with E-state index in [4.69, 9.17) is 5.10 Å². The smallest absolute Gasteiger partial charge is 0.315 e. The van der Waals surface area contributed by atoms with Gasteiger partial charge in [0.15, 0.2) is 0 Å². The van der Waals surface area contributed by atoms with Crippen LogP contribution in [-0.2, 0) is 10.2 Å². The minimum absolute atomic E-state index is 0.0724. The minimum Gasteiger partial charge on any atom is -0.315 e. The predicted molar refractivity (Wildman–Crippen MR) is 156 cm³/mol. The Morgan fingerprint density at radius 1 is 0.947 bits per heavy atom. The monoisotopic (exact) mass is 517 g/mol. The van der Waals surface area contributed by atoms with Crippen molar-refractivity contribution in [3.63, 3.8) is 0 Å². The fourth-order valence-corrected chi connectivity index (χ4v) is 4.23. The van der Waals surface area contributed by atoms with Gasteiger partial charge in [-0.3, -0.25) is 4.79 Å². The number of urea groups is 1. The number of aryl methyl sites for hydroxylation is 2. The molecule has 1 aromatic heterocycles. The maximum absolute atomic E-state index is 13.3. The van der Waals surface area contributed by atoms with Crippen LogP contribution in [0, 0.1) is 19.8 Å². The lowest BCUT2D eigenvalue weighted by atomic mass is 9.92. The fraction of sp³-hybridized carbons (Fsp3) is 0.452. The second kappa shape index (κ2) is 11.8. The Morgan fingerprint density at radius 3 is 2.16 bits per heavy atom. The first-order chi connectivity index (χ1) is 17.7. The van der Waals surface area contributed by atoms with E-state index in [1.165, 1.54) is 5.56 Å². The molecular formula is C31H43N5O2. The Labute approximate surface area is 227 Å². The average Bonchev–Trinajstić information content (AvgIpc) is 3.22. The van der Waals surface area contributed by atoms with Gasteiger partial charge in [-0.1, -0.05) is 78.3 Å². The molecule has 0 saturated carbocycles. The lowest BCUT2D eigenvalue weighted by Crippen LogP contribution is -2.42. The lowest BCUT2D eigenvalue weighted by molar-refractivity contribution is -0.116. The molecule has 3 aromatic rings. The van der Waals surface area contributed by atoms with Gasteiger partial charge in [0.1, 0.15) is 12.4 Å². The van der Waals surface area contributed by atoms with Crippen LogP contribution < -0.4 is 10.6 Å². The number of carbonyl (C=O) groups is 2. The molecule has 2 N–H and O–H groups in total. The quantitative estimate of drug-likeness (QED) is 0.336. The van der Waals surface area contributed by atoms with E-state index in [2.05, 4.69) is 58.2 Å². The van der Waals surface area contributed by atoms with Crippen LogP contribution in [-0.4, -0.2) is 39.7 Å². The number of anilines is 2. The van der Waals surface area contributed by atoms with Gasteiger partial charge in [-0.25, -0.2) is 9.48 Å². The second-order valence-electron chi connectivity index (χ2n) is 11.9. The second-order valence-corrected chi connectivity index (χ2v) is 11.9. The van der Waals surface area contributed by atoms with Crippen molar-refractivity contribution in [1.82, 2.24) is 14.7 Å². The summed E-state index contributed by atoms with van der Waals surface area (Å²) in [5.74, 6) is 0.922. The first kappa shape index (κ1) is 29.0. The molecule has 0 radical (unpaired) electrons. The number of benzene rings is 2. The van der Waals surface area contributed by atoms with Crippen LogP contribution in [0.3, 0.4) is 0 Å². The number of aromatic nitrogens is 2. The molecule has 0 bridgehead atoms. The molecule has 7 heteroatoms. The number of carbonyl (C=O) groups excluding carboxylic acids is 2. The van der Waals surface area contributed by atoms with E-state index in [1.807, 2.05) is 63.2 Å². The molecule has 0 unspecified atom stereocenters. The largest absolute Gasteiger partial charge is 0.322 e. The highest BCUT2D eigenvalue weighted by Crippen LogP contribution is 2.28. The number of hydrogen-bond acceptors (Lipinski definition) is 3. The van der Waals surface area contributed by atoms with Gasteiger partial charge in [0, 0.05) is 23.7 Å². The normalized spacial score (nSPS) is 11.7. The van der Waals surface area contributed by atoms with E-state index < -0.39 is 0 Å². The molecule has 0 fully saturated rings. The van der Waals surface area contributed by atoms with Crippen LogP contribution in [0.25, 0.3) is 5.69 Å². The summed E-state index contributed by atoms with van der Waals surface area (Å²) in [4.78, 5) is 28.0. The molecular weight excluding hydrogens is 474 g/mol. The van der Waals surface area contributed by atoms with Crippen molar-refractivity contribution in [3.8, 4) is 5.69 Å². The summed E-state index contributed by atoms with van der Waals surface area (Å²) in [6, 6.07) is 15.6. The Kier molecular flexibility index (Phi) is 9.02. The Bertz CT molecular complexity index is 1270. The van der Waals surface area contributed by atoms with Crippen LogP contribution in [0.5, 0.6) is 0 Å². The summed E-state index contributed by atoms with van der Waals surface area (Å²) in [6.07, 6.45) is 0. The molecule has 204 valence electrons. The molecule has 0 aliphatic heterocycles. The summed E-state index contributed by atoms with van der Waals surface area (Å²) >= 11 is 0. The molecule has 2 aromatic carbocycles. The number of amides is 3. The number of nitrogens with one attached hydrogen (secondary N) is 2. The number of rotatable bonds is 8. The summed E-state index contributed by atoms with van der Waals surface area (Å²) < 4.78 is 1.79. The summed E-state index contributed by atoms with van der Waals surface area (Å²) in [6.45, 7) is 19.1. The number of nitrogens with zero attached hydrogens (tertiary/aromatic N) is 3. The van der Waals surface area contributed by atoms with Gasteiger partial charge in [0.05, 0.1) is 11.4 Å². The molecule has 0 aliphatic rings. The Hall–Kier alpha value is -3.61. The van der Waals surface area contributed by atoms with Gasteiger partial charge < -0.3 is 15.5 Å². The van der Waals surface area contributed by atoms with Gasteiger partial charge in [0.25, 0.3) is 0 Å². The van der Waals surface area contributed by atoms with E-state index >= 15 is 0 Å². The zero-order valence-corrected chi connectivity index (χ0v) is 24.3. The van der Waals surface area contributed by atoms with E-state index in [9.17, 15) is 9.59 Å². The zero-order valence-electron chi connectivity index (χ0n) is 24.3. The van der Waals surface area contributed by atoms with Crippen molar-refractivity contribution in [3.05, 3.63) is 70.9 Å². The third-order valence-corrected chi connectivity index (χ3v) is 6.36. The summed E-state index contributed by atoms with van der Waals surface area (Å²) in [5.41, 5.74) is 5.71. The predicted octanol–water partition coefficient (Wildman–Crippen LogP) is 7.04. The molecule has 38 heavy (non-hydrogen) atoms. The van der Waals surface area contributed by atoms with Crippen molar-refractivity contribution in [1.29, 1.82) is 0 Å². The van der Waals surface area contributed by atoms with Crippen molar-refractivity contribution in [2.75, 3.05) is 23.7 Å². The number of hydrogen-bond donors (Lipinski definition) is 2. The van der Waals surface area contributed by atoms with Crippen LogP contribution in [0.1, 0.15) is 76.8 Å². The maximum atomic E-state index is 13.3. The molecule has 0 aliphatic carbocycles. The zero-order chi connectivity index (χ0) is 28.2. The van der Waals surface area contributed by atoms with Crippen LogP contribution in [0.2, 0.25) is 0 Å². The Morgan fingerprint density at radius 2 is 1.61 bits per heavy atom. The SMILES string of the molecule is Cc1ccc(-n2nc(C(C)(C)C)cc2NC(=O)CN(CC(C)C)C(=O)Nc2ccc(C(C)C)cc2)c(C)c1. The van der Waals surface area contributed by atoms with E-state index in [-0.39, 0.29) is 29.8 Å². The molecule has 0 atom stereocenters. The highest BCUT2D eigenvalue weighted by Gasteiger charge is 2.24. The third kappa shape index (κ3) is 7.46. The lowest BCUT2D eigenvalue weighted by Gasteiger charge is -2.24. The summed E-state index contributed by atoms with van der Waals surface area (Å²) in [5, 5.41) is 10.8. The highest BCUT2D eigenvalue weighted by molar-refractivity contribution is 5.96. The third-order valence-electron chi connectivity index (χ3n) is 6.36. The summed E-state index contributed by atoms with van der Waals surface area (Å²) in [7, 11) is 0. The average molecular weight is 518 g/mol. The van der Waals surface area contributed by atoms with Gasteiger partial charge in [-0.15, -0.1) is 0 Å². The van der Waals surface area contributed by atoms with E-state index in [0.717, 1.165) is 22.5 Å². The van der Waals surface area contributed by atoms with Crippen molar-refractivity contribution in [2.24, 2.45) is 5.92 Å². The van der Waals surface area contributed by atoms with Crippen molar-refractivity contribution in [2.45, 2.75) is 73.6 Å². The van der Waals surface area contributed by atoms with Crippen LogP contribution in [0.4, 0.5) is 16.3 Å². The van der Waals surface area contributed by atoms with Gasteiger partial charge in [-0.05, 0) is 55.0 Å². The minimum atomic E-state index is -0.301. The van der Waals surface area contributed by atoms with E-state index in [1.54, 1.807) is 9.58 Å². The molecule has 0 spiro atoms. The first-order valence-electron chi connectivity index (χ1n) is 13.4. The van der Waals surface area contributed by atoms with Gasteiger partial charge >= 0.3 is 6.03 Å². The maximum Gasteiger partial charge on any atom is 0.322 e. The van der Waals surface area contributed by atoms with Crippen molar-refractivity contribution >= 4 is 23.4 Å². The highest BCUT2D eigenvalue weighted by atomic mass is 16.2. The van der Waals surface area contributed by atoms with Gasteiger partial charge in [-0.2, -0.15) is 5.10 Å². The standard InChI is InChI=1S/C31H43N5O2/c1-20(2)18-35(30(38)32-25-13-11-24(12-14-25)21(3)4)19-29(37)33-28-17-27(31(7,8)9)34-36(28)26-15-10-22(5)16-23(26)6/h10-17,20-21H,18-19H2,1-9H3,(H,32,38)(H,33,37). The molecule has 3 amide bonds. The first-order valence-corrected chi connectivity index (χ1v) is 13.4. The van der Waals surface area contributed by atoms with E-state index in [0.29, 0.717) is 24.0 Å². The van der Waals surface area contributed by atoms with Crippen LogP contribution >= 0.6 is 0 Å². The van der Waals surface area contributed by atoms with Crippen LogP contribution in [0.15, 0.2) is 48.5 Å². The molecule has 7 nitrogen and oxygen atoms in total. The van der Waals surface area contributed by atoms with Gasteiger partial charge in [0.2, 0.25) is 5.91 Å². The molecule has 3 rings (SSSR count). The molecule has 0 saturated heterocycles. The topological polar surface area (TPSA) is 79.3 Å². The fourth-order valence-electron chi connectivity index (χ4n) is 4.23.